The van der Waals surface area contributed by atoms with Gasteiger partial charge < -0.3 is 19.9 Å². The van der Waals surface area contributed by atoms with Crippen LogP contribution in [-0.2, 0) is 14.3 Å². The maximum atomic E-state index is 12.9. The highest BCUT2D eigenvalue weighted by Gasteiger charge is 2.58. The first-order valence-electron chi connectivity index (χ1n) is 9.56. The molecule has 3 rings (SSSR count). The Morgan fingerprint density at radius 2 is 1.85 bits per heavy atom. The lowest BCUT2D eigenvalue weighted by molar-refractivity contribution is -0.145. The molecular weight excluding hydrogens is 330 g/mol. The number of carbonyl (C=O) groups excluding carboxylic acids is 2. The lowest BCUT2D eigenvalue weighted by Gasteiger charge is -2.30. The van der Waals surface area contributed by atoms with Gasteiger partial charge >= 0.3 is 0 Å². The molecule has 0 bridgehead atoms. The minimum atomic E-state index is -0.874. The molecule has 6 heteroatoms. The summed E-state index contributed by atoms with van der Waals surface area (Å²) in [6.07, 6.45) is 1.26. The van der Waals surface area contributed by atoms with Gasteiger partial charge in [-0.15, -0.1) is 0 Å². The van der Waals surface area contributed by atoms with Gasteiger partial charge in [0.2, 0.25) is 11.8 Å². The predicted octanol–water partition coefficient (Wildman–Crippen LogP) is 2.42. The lowest BCUT2D eigenvalue weighted by Crippen LogP contribution is -2.47. The number of nitrogens with zero attached hydrogens (tertiary/aromatic N) is 2. The van der Waals surface area contributed by atoms with E-state index in [0.29, 0.717) is 39.1 Å². The minimum absolute atomic E-state index is 0.0456. The van der Waals surface area contributed by atoms with Crippen molar-refractivity contribution in [2.45, 2.75) is 33.6 Å². The molecule has 0 aromatic heterocycles. The summed E-state index contributed by atoms with van der Waals surface area (Å²) in [7, 11) is 0. The van der Waals surface area contributed by atoms with E-state index in [0.717, 1.165) is 30.0 Å². The Bertz CT molecular complexity index is 675. The summed E-state index contributed by atoms with van der Waals surface area (Å²) in [6, 6.07) is 6.06. The average molecular weight is 359 g/mol. The smallest absolute Gasteiger partial charge is 0.240 e. The lowest BCUT2D eigenvalue weighted by atomic mass is 10.0. The molecule has 1 aliphatic heterocycles. The number of aryl methyl sites for hydroxylation is 1. The zero-order chi connectivity index (χ0) is 18.7. The molecular formula is C20H29N3O3. The molecule has 1 aromatic rings. The summed E-state index contributed by atoms with van der Waals surface area (Å²) in [5, 5.41) is 3.00. The van der Waals surface area contributed by atoms with Crippen LogP contribution >= 0.6 is 0 Å². The van der Waals surface area contributed by atoms with Gasteiger partial charge in [-0.25, -0.2) is 0 Å². The fourth-order valence-electron chi connectivity index (χ4n) is 3.55. The van der Waals surface area contributed by atoms with E-state index in [1.807, 2.05) is 19.1 Å². The van der Waals surface area contributed by atoms with Crippen molar-refractivity contribution in [2.75, 3.05) is 49.6 Å². The maximum absolute atomic E-state index is 12.9. The summed E-state index contributed by atoms with van der Waals surface area (Å²) in [5.41, 5.74) is 2.07. The first-order valence-corrected chi connectivity index (χ1v) is 9.56. The van der Waals surface area contributed by atoms with E-state index >= 15 is 0 Å². The molecule has 1 aromatic carbocycles. The van der Waals surface area contributed by atoms with Gasteiger partial charge in [0.05, 0.1) is 13.2 Å². The van der Waals surface area contributed by atoms with Crippen LogP contribution in [0.2, 0.25) is 0 Å². The zero-order valence-electron chi connectivity index (χ0n) is 16.0. The highest BCUT2D eigenvalue weighted by atomic mass is 16.5. The van der Waals surface area contributed by atoms with Gasteiger partial charge in [-0.2, -0.15) is 0 Å². The molecule has 0 spiro atoms. The Morgan fingerprint density at radius 1 is 1.19 bits per heavy atom. The van der Waals surface area contributed by atoms with Crippen LogP contribution in [-0.4, -0.2) is 56.1 Å². The fourth-order valence-corrected chi connectivity index (χ4v) is 3.55. The van der Waals surface area contributed by atoms with Gasteiger partial charge in [-0.05, 0) is 57.4 Å². The molecule has 26 heavy (non-hydrogen) atoms. The second kappa shape index (κ2) is 7.66. The second-order valence-electron chi connectivity index (χ2n) is 7.11. The molecule has 2 aliphatic rings. The molecule has 2 fully saturated rings. The van der Waals surface area contributed by atoms with Gasteiger partial charge in [0.15, 0.2) is 0 Å². The Balaban J connectivity index is 1.70. The summed E-state index contributed by atoms with van der Waals surface area (Å²) in [4.78, 5) is 29.7. The van der Waals surface area contributed by atoms with Crippen molar-refractivity contribution in [3.63, 3.8) is 0 Å². The van der Waals surface area contributed by atoms with Crippen molar-refractivity contribution in [1.29, 1.82) is 0 Å². The third-order valence-electron chi connectivity index (χ3n) is 5.48. The number of benzene rings is 1. The predicted molar refractivity (Wildman–Crippen MR) is 102 cm³/mol. The number of nitrogens with one attached hydrogen (secondary N) is 1. The molecule has 1 saturated carbocycles. The third-order valence-corrected chi connectivity index (χ3v) is 5.48. The Morgan fingerprint density at radius 3 is 2.38 bits per heavy atom. The maximum Gasteiger partial charge on any atom is 0.240 e. The molecule has 0 atom stereocenters. The molecule has 1 aliphatic carbocycles. The molecule has 1 N–H and O–H groups in total. The van der Waals surface area contributed by atoms with Crippen LogP contribution in [0, 0.1) is 12.3 Å². The van der Waals surface area contributed by atoms with Crippen LogP contribution in [0.4, 0.5) is 11.4 Å². The second-order valence-corrected chi connectivity index (χ2v) is 7.11. The van der Waals surface area contributed by atoms with Crippen molar-refractivity contribution in [3.8, 4) is 0 Å². The van der Waals surface area contributed by atoms with Gasteiger partial charge in [0, 0.05) is 37.6 Å². The average Bonchev–Trinajstić information content (AvgIpc) is 3.47. The summed E-state index contributed by atoms with van der Waals surface area (Å²) < 4.78 is 5.31. The molecule has 1 heterocycles. The number of hydrogen-bond donors (Lipinski definition) is 1. The minimum Gasteiger partial charge on any atom is -0.378 e. The normalized spacial score (nSPS) is 18.3. The number of hydrogen-bond acceptors (Lipinski definition) is 4. The Hall–Kier alpha value is -2.08. The van der Waals surface area contributed by atoms with Gasteiger partial charge in [0.1, 0.15) is 5.41 Å². The van der Waals surface area contributed by atoms with Crippen molar-refractivity contribution < 1.29 is 14.3 Å². The topological polar surface area (TPSA) is 61.9 Å². The van der Waals surface area contributed by atoms with Crippen LogP contribution in [0.5, 0.6) is 0 Å². The van der Waals surface area contributed by atoms with E-state index in [2.05, 4.69) is 30.1 Å². The molecule has 1 saturated heterocycles. The van der Waals surface area contributed by atoms with Gasteiger partial charge in [-0.1, -0.05) is 0 Å². The highest BCUT2D eigenvalue weighted by Crippen LogP contribution is 2.48. The Labute approximate surface area is 155 Å². The van der Waals surface area contributed by atoms with Crippen molar-refractivity contribution in [3.05, 3.63) is 23.8 Å². The van der Waals surface area contributed by atoms with E-state index in [1.165, 1.54) is 0 Å². The number of carbonyl (C=O) groups is 2. The molecule has 0 unspecified atom stereocenters. The number of anilines is 2. The SMILES string of the molecule is CCN(CC)c1ccc(NC(=O)C2(C(=O)N3CCOCC3)CC2)c(C)c1. The molecule has 142 valence electrons. The summed E-state index contributed by atoms with van der Waals surface area (Å²) in [6.45, 7) is 10.4. The van der Waals surface area contributed by atoms with Gasteiger partial charge in [-0.3, -0.25) is 9.59 Å². The third kappa shape index (κ3) is 3.56. The van der Waals surface area contributed by atoms with E-state index in [1.54, 1.807) is 4.90 Å². The molecule has 0 radical (unpaired) electrons. The van der Waals surface area contributed by atoms with Crippen molar-refractivity contribution in [2.24, 2.45) is 5.41 Å². The highest BCUT2D eigenvalue weighted by molar-refractivity contribution is 6.13. The molecule has 2 amide bonds. The first-order chi connectivity index (χ1) is 12.5. The number of ether oxygens (including phenoxy) is 1. The monoisotopic (exact) mass is 359 g/mol. The fraction of sp³-hybridized carbons (Fsp3) is 0.600. The number of amides is 2. The largest absolute Gasteiger partial charge is 0.378 e. The van der Waals surface area contributed by atoms with E-state index in [-0.39, 0.29) is 11.8 Å². The van der Waals surface area contributed by atoms with Crippen LogP contribution in [0.25, 0.3) is 0 Å². The standard InChI is InChI=1S/C20H29N3O3/c1-4-22(5-2)16-6-7-17(15(3)14-16)21-18(24)20(8-9-20)19(25)23-10-12-26-13-11-23/h6-7,14H,4-5,8-13H2,1-3H3,(H,21,24). The van der Waals surface area contributed by atoms with Crippen molar-refractivity contribution >= 4 is 23.2 Å². The number of morpholine rings is 1. The van der Waals surface area contributed by atoms with Crippen molar-refractivity contribution in [1.82, 2.24) is 4.90 Å². The quantitative estimate of drug-likeness (QED) is 0.793. The Kier molecular flexibility index (Phi) is 5.51. The summed E-state index contributed by atoms with van der Waals surface area (Å²) >= 11 is 0. The van der Waals surface area contributed by atoms with Crippen LogP contribution in [0.15, 0.2) is 18.2 Å². The zero-order valence-corrected chi connectivity index (χ0v) is 16.0. The van der Waals surface area contributed by atoms with Crippen LogP contribution in [0.3, 0.4) is 0 Å². The summed E-state index contributed by atoms with van der Waals surface area (Å²) in [5.74, 6) is -0.219. The van der Waals surface area contributed by atoms with Gasteiger partial charge in [0.25, 0.3) is 0 Å². The van der Waals surface area contributed by atoms with E-state index < -0.39 is 5.41 Å². The number of rotatable bonds is 6. The van der Waals surface area contributed by atoms with Crippen LogP contribution in [0.1, 0.15) is 32.3 Å². The van der Waals surface area contributed by atoms with Crippen LogP contribution < -0.4 is 10.2 Å². The first kappa shape index (κ1) is 18.7. The van der Waals surface area contributed by atoms with E-state index in [9.17, 15) is 9.59 Å². The molecule has 6 nitrogen and oxygen atoms in total. The van der Waals surface area contributed by atoms with E-state index in [4.69, 9.17) is 4.74 Å².